The molecule has 2 aliphatic carbocycles. The summed E-state index contributed by atoms with van der Waals surface area (Å²) < 4.78 is 13.3. The van der Waals surface area contributed by atoms with Crippen molar-refractivity contribution in [1.29, 1.82) is 0 Å². The molecular weight excluding hydrogens is 755 g/mol. The lowest BCUT2D eigenvalue weighted by atomic mass is 9.68. The molecule has 0 bridgehead atoms. The molecule has 0 saturated heterocycles. The van der Waals surface area contributed by atoms with Crippen LogP contribution in [0.3, 0.4) is 0 Å². The summed E-state index contributed by atoms with van der Waals surface area (Å²) in [7, 11) is 0. The van der Waals surface area contributed by atoms with E-state index < -0.39 is 11.1 Å². The fraction of sp³-hybridized carbons (Fsp3) is 0.111. The molecule has 13 rings (SSSR count). The topological polar surface area (TPSA) is 63.0 Å². The molecule has 0 radical (unpaired) electrons. The van der Waals surface area contributed by atoms with Crippen molar-refractivity contribution in [2.75, 3.05) is 0 Å². The number of nitrogens with zero attached hydrogens (tertiary/aromatic N) is 2. The molecule has 1 aliphatic heterocycles. The van der Waals surface area contributed by atoms with Gasteiger partial charge in [-0.25, -0.2) is 9.98 Å². The average Bonchev–Trinajstić information content (AvgIpc) is 4.04. The minimum atomic E-state index is -0.814. The maximum Gasteiger partial charge on any atom is 0.159 e. The van der Waals surface area contributed by atoms with Gasteiger partial charge in [0.1, 0.15) is 28.2 Å². The third kappa shape index (κ3) is 4.46. The normalized spacial score (nSPS) is 18.8. The van der Waals surface area contributed by atoms with Gasteiger partial charge in [-0.2, -0.15) is 0 Å². The first-order valence-corrected chi connectivity index (χ1v) is 21.6. The summed E-state index contributed by atoms with van der Waals surface area (Å²) in [6.45, 7) is 4.52. The molecule has 2 unspecified atom stereocenters. The lowest BCUT2D eigenvalue weighted by Gasteiger charge is -2.36. The van der Waals surface area contributed by atoms with Crippen LogP contribution in [0, 0.1) is 0 Å². The summed E-state index contributed by atoms with van der Waals surface area (Å²) in [5, 5.41) is 8.53. The molecule has 1 N–H and O–H groups in total. The zero-order chi connectivity index (χ0) is 39.7. The second-order valence-corrected chi connectivity index (χ2v) is 17.5. The Morgan fingerprint density at radius 1 is 0.583 bits per heavy atom. The first-order chi connectivity index (χ1) is 29.5. The lowest BCUT2D eigenvalue weighted by Crippen LogP contribution is -2.46. The molecule has 7 aromatic carbocycles. The molecule has 3 aliphatic rings. The van der Waals surface area contributed by atoms with Gasteiger partial charge in [-0.3, -0.25) is 0 Å². The van der Waals surface area contributed by atoms with E-state index in [1.807, 2.05) is 23.5 Å². The Morgan fingerprint density at radius 2 is 1.25 bits per heavy atom. The standard InChI is InChI=1S/C54H37N3O2S/c1-3-29-54-38-22-14-26-43-47(38)45-36(20-12-25-42(45)59-43)46-48(54)50(60-49(46)37-21-13-24-41-44(37)35-19-10-11-23-40(35)58-41)34-28-27-33(30-39(34)54)53(2)56-51(31-15-6-4-7-16-31)55-52(57-53)32-17-8-5-9-18-32/h4-28,30H,3,29H2,1-2H3,(H,55,56,57). The van der Waals surface area contributed by atoms with Crippen LogP contribution in [0.2, 0.25) is 0 Å². The summed E-state index contributed by atoms with van der Waals surface area (Å²) in [6, 6.07) is 56.1. The number of aliphatic imine (C=N–C) groups is 2. The molecule has 10 aromatic rings. The van der Waals surface area contributed by atoms with Gasteiger partial charge in [0.25, 0.3) is 0 Å². The van der Waals surface area contributed by atoms with Crippen LogP contribution in [0.25, 0.3) is 75.9 Å². The monoisotopic (exact) mass is 791 g/mol. The third-order valence-electron chi connectivity index (χ3n) is 13.1. The third-order valence-corrected chi connectivity index (χ3v) is 14.4. The first kappa shape index (κ1) is 33.9. The van der Waals surface area contributed by atoms with Gasteiger partial charge in [0.2, 0.25) is 0 Å². The fourth-order valence-corrected chi connectivity index (χ4v) is 12.1. The summed E-state index contributed by atoms with van der Waals surface area (Å²) >= 11 is 1.93. The number of thiophene rings is 1. The summed E-state index contributed by atoms with van der Waals surface area (Å²) in [5.41, 5.74) is 14.5. The highest BCUT2D eigenvalue weighted by Crippen LogP contribution is 2.67. The highest BCUT2D eigenvalue weighted by Gasteiger charge is 2.51. The van der Waals surface area contributed by atoms with Crippen LogP contribution in [-0.2, 0) is 11.1 Å². The second-order valence-electron chi connectivity index (χ2n) is 16.5. The molecule has 0 spiro atoms. The molecule has 3 aromatic heterocycles. The van der Waals surface area contributed by atoms with Crippen LogP contribution in [0.1, 0.15) is 60.1 Å². The Morgan fingerprint density at radius 3 is 2.05 bits per heavy atom. The predicted octanol–water partition coefficient (Wildman–Crippen LogP) is 14.0. The minimum absolute atomic E-state index is 0.464. The van der Waals surface area contributed by atoms with Crippen molar-refractivity contribution in [3.8, 4) is 32.0 Å². The van der Waals surface area contributed by atoms with E-state index in [1.54, 1.807) is 0 Å². The molecule has 60 heavy (non-hydrogen) atoms. The predicted molar refractivity (Wildman–Crippen MR) is 246 cm³/mol. The molecule has 4 heterocycles. The van der Waals surface area contributed by atoms with Gasteiger partial charge in [-0.1, -0.05) is 141 Å². The van der Waals surface area contributed by atoms with Crippen LogP contribution in [0.5, 0.6) is 0 Å². The average molecular weight is 792 g/mol. The number of nitrogens with one attached hydrogen (secondary N) is 1. The Hall–Kier alpha value is -7.02. The van der Waals surface area contributed by atoms with Crippen molar-refractivity contribution in [3.05, 3.63) is 191 Å². The highest BCUT2D eigenvalue weighted by molar-refractivity contribution is 7.20. The highest BCUT2D eigenvalue weighted by atomic mass is 32.1. The van der Waals surface area contributed by atoms with Crippen molar-refractivity contribution in [2.45, 2.75) is 37.8 Å². The molecule has 5 nitrogen and oxygen atoms in total. The van der Waals surface area contributed by atoms with Gasteiger partial charge in [-0.15, -0.1) is 11.3 Å². The van der Waals surface area contributed by atoms with Crippen LogP contribution in [0.15, 0.2) is 177 Å². The summed E-state index contributed by atoms with van der Waals surface area (Å²) in [6.07, 6.45) is 1.91. The molecule has 2 atom stereocenters. The van der Waals surface area contributed by atoms with Gasteiger partial charge in [0, 0.05) is 59.0 Å². The Balaban J connectivity index is 1.11. The largest absolute Gasteiger partial charge is 0.456 e. The fourth-order valence-electron chi connectivity index (χ4n) is 10.7. The molecule has 286 valence electrons. The number of hydrogen-bond donors (Lipinski definition) is 1. The van der Waals surface area contributed by atoms with E-state index in [0.717, 1.165) is 68.5 Å². The van der Waals surface area contributed by atoms with Crippen molar-refractivity contribution < 1.29 is 8.83 Å². The first-order valence-electron chi connectivity index (χ1n) is 20.8. The number of furan rings is 2. The van der Waals surface area contributed by atoms with E-state index in [0.29, 0.717) is 5.84 Å². The number of amidine groups is 2. The van der Waals surface area contributed by atoms with E-state index >= 15 is 0 Å². The molecule has 0 fully saturated rings. The minimum Gasteiger partial charge on any atom is -0.456 e. The Labute approximate surface area is 350 Å². The smallest absolute Gasteiger partial charge is 0.159 e. The maximum atomic E-state index is 6.77. The van der Waals surface area contributed by atoms with Gasteiger partial charge in [0.05, 0.1) is 0 Å². The van der Waals surface area contributed by atoms with Crippen LogP contribution >= 0.6 is 11.3 Å². The number of rotatable bonds is 6. The van der Waals surface area contributed by atoms with Crippen LogP contribution in [-0.4, -0.2) is 11.7 Å². The van der Waals surface area contributed by atoms with Gasteiger partial charge in [0.15, 0.2) is 11.5 Å². The van der Waals surface area contributed by atoms with E-state index in [9.17, 15) is 0 Å². The molecule has 6 heteroatoms. The van der Waals surface area contributed by atoms with Crippen molar-refractivity contribution >= 4 is 66.9 Å². The quantitative estimate of drug-likeness (QED) is 0.182. The van der Waals surface area contributed by atoms with Crippen LogP contribution < -0.4 is 5.32 Å². The van der Waals surface area contributed by atoms with Gasteiger partial charge in [-0.05, 0) is 77.1 Å². The van der Waals surface area contributed by atoms with Crippen molar-refractivity contribution in [3.63, 3.8) is 0 Å². The molecular formula is C54H37N3O2S. The van der Waals surface area contributed by atoms with E-state index in [-0.39, 0.29) is 0 Å². The van der Waals surface area contributed by atoms with E-state index in [1.165, 1.54) is 59.5 Å². The Bertz CT molecular complexity index is 3500. The maximum absolute atomic E-state index is 6.77. The molecule has 0 amide bonds. The zero-order valence-corrected chi connectivity index (χ0v) is 33.9. The van der Waals surface area contributed by atoms with Crippen molar-refractivity contribution in [1.82, 2.24) is 5.32 Å². The van der Waals surface area contributed by atoms with Gasteiger partial charge >= 0.3 is 0 Å². The lowest BCUT2D eigenvalue weighted by molar-refractivity contribution is 0.453. The van der Waals surface area contributed by atoms with Crippen molar-refractivity contribution in [2.24, 2.45) is 9.98 Å². The van der Waals surface area contributed by atoms with Crippen LogP contribution in [0.4, 0.5) is 0 Å². The number of hydrogen-bond acceptors (Lipinski definition) is 6. The molecule has 0 saturated carbocycles. The number of fused-ring (bicyclic) bond motifs is 8. The van der Waals surface area contributed by atoms with E-state index in [2.05, 4.69) is 165 Å². The number of benzene rings is 7. The second kappa shape index (κ2) is 12.3. The number of para-hydroxylation sites is 1. The summed E-state index contributed by atoms with van der Waals surface area (Å²) in [5.74, 6) is 1.51. The SMILES string of the molecule is CCCC12c3cc(C4(C)N=C(c5ccccc5)N=C(c5ccccc5)N4)ccc3-c3sc(-c4cccc5oc6ccccc6c45)c(c31)-c1cccc3oc4cccc2c4c13. The summed E-state index contributed by atoms with van der Waals surface area (Å²) in [4.78, 5) is 13.2. The Kier molecular flexibility index (Phi) is 6.93. The van der Waals surface area contributed by atoms with E-state index in [4.69, 9.17) is 18.8 Å². The zero-order valence-electron chi connectivity index (χ0n) is 33.0. The van der Waals surface area contributed by atoms with Gasteiger partial charge < -0.3 is 14.2 Å².